The van der Waals surface area contributed by atoms with Gasteiger partial charge in [0.05, 0.1) is 10.9 Å². The van der Waals surface area contributed by atoms with E-state index in [-0.39, 0.29) is 0 Å². The molecule has 2 rings (SSSR count). The lowest BCUT2D eigenvalue weighted by molar-refractivity contribution is -0.661. The van der Waals surface area contributed by atoms with Crippen molar-refractivity contribution in [2.45, 2.75) is 46.5 Å². The van der Waals surface area contributed by atoms with E-state index in [1.54, 1.807) is 0 Å². The van der Waals surface area contributed by atoms with E-state index in [0.29, 0.717) is 11.8 Å². The minimum Gasteiger partial charge on any atom is -0.189 e. The van der Waals surface area contributed by atoms with Crippen molar-refractivity contribution in [1.82, 2.24) is 0 Å². The monoisotopic (exact) mass is 274 g/mol. The van der Waals surface area contributed by atoms with Crippen molar-refractivity contribution in [2.24, 2.45) is 7.05 Å². The van der Waals surface area contributed by atoms with E-state index in [0.717, 1.165) is 0 Å². The Balaban J connectivity index is 2.64. The molecule has 0 amide bonds. The predicted octanol–water partition coefficient (Wildman–Crippen LogP) is 4.79. The smallest absolute Gasteiger partial charge is 0.189 e. The van der Waals surface area contributed by atoms with Crippen LogP contribution in [0.4, 0.5) is 0 Å². The zero-order valence-corrected chi connectivity index (χ0v) is 13.6. The van der Waals surface area contributed by atoms with Gasteiger partial charge >= 0.3 is 0 Å². The van der Waals surface area contributed by atoms with Crippen molar-refractivity contribution in [1.29, 1.82) is 0 Å². The molecule has 0 aliphatic heterocycles. The Morgan fingerprint density at radius 2 is 1.74 bits per heavy atom. The van der Waals surface area contributed by atoms with Gasteiger partial charge in [-0.2, -0.15) is 4.57 Å². The molecule has 1 heterocycles. The van der Waals surface area contributed by atoms with Gasteiger partial charge in [-0.3, -0.25) is 0 Å². The van der Waals surface area contributed by atoms with Gasteiger partial charge in [-0.05, 0) is 29.0 Å². The van der Waals surface area contributed by atoms with Gasteiger partial charge in [0.2, 0.25) is 10.7 Å². The highest BCUT2D eigenvalue weighted by Crippen LogP contribution is 2.31. The first-order valence-corrected chi connectivity index (χ1v) is 7.88. The Labute approximate surface area is 120 Å². The molecule has 0 atom stereocenters. The third kappa shape index (κ3) is 2.74. The van der Waals surface area contributed by atoms with Crippen LogP contribution in [0.5, 0.6) is 0 Å². The molecular formula is C17H24NS+. The van der Waals surface area contributed by atoms with E-state index in [9.17, 15) is 0 Å². The van der Waals surface area contributed by atoms with E-state index in [1.807, 2.05) is 11.3 Å². The summed E-state index contributed by atoms with van der Waals surface area (Å²) in [4.78, 5) is 0. The number of hydrogen-bond donors (Lipinski definition) is 0. The molecule has 2 heteroatoms. The first-order valence-electron chi connectivity index (χ1n) is 7.00. The minimum absolute atomic E-state index is 0.552. The lowest BCUT2D eigenvalue weighted by atomic mass is 9.91. The second kappa shape index (κ2) is 5.46. The Morgan fingerprint density at radius 1 is 1.05 bits per heavy atom. The van der Waals surface area contributed by atoms with Crippen LogP contribution >= 0.6 is 11.3 Å². The SMILES string of the molecule is Cc1scc(-c2cc(C(C)C)ccc2C(C)C)[n+]1C. The molecule has 0 unspecified atom stereocenters. The van der Waals surface area contributed by atoms with Gasteiger partial charge in [0.25, 0.3) is 0 Å². The van der Waals surface area contributed by atoms with Gasteiger partial charge < -0.3 is 0 Å². The lowest BCUT2D eigenvalue weighted by Gasteiger charge is -2.14. The number of hydrogen-bond acceptors (Lipinski definition) is 1. The highest BCUT2D eigenvalue weighted by Gasteiger charge is 2.20. The van der Waals surface area contributed by atoms with Gasteiger partial charge in [-0.1, -0.05) is 51.2 Å². The molecule has 19 heavy (non-hydrogen) atoms. The van der Waals surface area contributed by atoms with Crippen molar-refractivity contribution >= 4 is 11.3 Å². The van der Waals surface area contributed by atoms with Gasteiger partial charge in [0.1, 0.15) is 7.05 Å². The van der Waals surface area contributed by atoms with E-state index < -0.39 is 0 Å². The number of aryl methyl sites for hydroxylation is 1. The maximum atomic E-state index is 2.38. The van der Waals surface area contributed by atoms with Crippen LogP contribution in [-0.2, 0) is 7.05 Å². The Kier molecular flexibility index (Phi) is 4.10. The van der Waals surface area contributed by atoms with Crippen molar-refractivity contribution < 1.29 is 4.57 Å². The number of rotatable bonds is 3. The third-order valence-electron chi connectivity index (χ3n) is 3.82. The molecule has 0 saturated heterocycles. The van der Waals surface area contributed by atoms with Crippen LogP contribution in [0.1, 0.15) is 55.7 Å². The van der Waals surface area contributed by atoms with Crippen molar-refractivity contribution in [3.05, 3.63) is 39.7 Å². The Hall–Kier alpha value is -1.15. The maximum absolute atomic E-state index is 2.38. The Bertz CT molecular complexity index is 579. The number of aromatic nitrogens is 1. The molecular weight excluding hydrogens is 250 g/mol. The molecule has 0 N–H and O–H groups in total. The number of nitrogens with zero attached hydrogens (tertiary/aromatic N) is 1. The van der Waals surface area contributed by atoms with Crippen LogP contribution < -0.4 is 4.57 Å². The highest BCUT2D eigenvalue weighted by atomic mass is 32.1. The quantitative estimate of drug-likeness (QED) is 0.708. The summed E-state index contributed by atoms with van der Waals surface area (Å²) >= 11 is 1.82. The van der Waals surface area contributed by atoms with Crippen molar-refractivity contribution in [3.63, 3.8) is 0 Å². The second-order valence-corrected chi connectivity index (χ2v) is 6.92. The molecule has 1 aromatic heterocycles. The van der Waals surface area contributed by atoms with Gasteiger partial charge in [-0.15, -0.1) is 0 Å². The van der Waals surface area contributed by atoms with E-state index >= 15 is 0 Å². The number of thiazole rings is 1. The summed E-state index contributed by atoms with van der Waals surface area (Å²) in [6.45, 7) is 11.2. The molecule has 0 saturated carbocycles. The maximum Gasteiger partial charge on any atom is 0.234 e. The van der Waals surface area contributed by atoms with Crippen molar-refractivity contribution in [2.75, 3.05) is 0 Å². The van der Waals surface area contributed by atoms with E-state index in [1.165, 1.54) is 27.4 Å². The first-order chi connectivity index (χ1) is 8.91. The average molecular weight is 274 g/mol. The fourth-order valence-corrected chi connectivity index (χ4v) is 3.20. The topological polar surface area (TPSA) is 3.88 Å². The van der Waals surface area contributed by atoms with E-state index in [2.05, 4.69) is 69.8 Å². The van der Waals surface area contributed by atoms with Crippen LogP contribution in [0.15, 0.2) is 23.6 Å². The van der Waals surface area contributed by atoms with Gasteiger partial charge in [0, 0.05) is 6.92 Å². The normalized spacial score (nSPS) is 11.6. The molecule has 1 nitrogen and oxygen atoms in total. The van der Waals surface area contributed by atoms with Crippen LogP contribution in [0.25, 0.3) is 11.3 Å². The lowest BCUT2D eigenvalue weighted by Crippen LogP contribution is -2.31. The van der Waals surface area contributed by atoms with Gasteiger partial charge in [0.15, 0.2) is 0 Å². The predicted molar refractivity (Wildman–Crippen MR) is 83.8 cm³/mol. The van der Waals surface area contributed by atoms with Crippen LogP contribution in [-0.4, -0.2) is 0 Å². The molecule has 0 radical (unpaired) electrons. The highest BCUT2D eigenvalue weighted by molar-refractivity contribution is 7.09. The third-order valence-corrected chi connectivity index (χ3v) is 4.77. The van der Waals surface area contributed by atoms with Gasteiger partial charge in [-0.25, -0.2) is 0 Å². The standard InChI is InChI=1S/C17H24NS/c1-11(2)14-7-8-15(12(3)4)16(9-14)17-10-19-13(5)18(17)6/h7-12H,1-6H3/q+1. The summed E-state index contributed by atoms with van der Waals surface area (Å²) in [5, 5.41) is 3.63. The Morgan fingerprint density at radius 3 is 2.21 bits per heavy atom. The summed E-state index contributed by atoms with van der Waals surface area (Å²) in [5.41, 5.74) is 5.60. The fraction of sp³-hybridized carbons (Fsp3) is 0.471. The second-order valence-electron chi connectivity index (χ2n) is 5.86. The molecule has 0 bridgehead atoms. The van der Waals surface area contributed by atoms with Crippen LogP contribution in [0, 0.1) is 6.92 Å². The minimum atomic E-state index is 0.552. The molecule has 0 fully saturated rings. The molecule has 0 aliphatic rings. The molecule has 1 aromatic carbocycles. The summed E-state index contributed by atoms with van der Waals surface area (Å²) < 4.78 is 2.30. The first kappa shape index (κ1) is 14.3. The number of benzene rings is 1. The summed E-state index contributed by atoms with van der Waals surface area (Å²) in [6, 6.07) is 6.96. The van der Waals surface area contributed by atoms with Crippen molar-refractivity contribution in [3.8, 4) is 11.3 Å². The van der Waals surface area contributed by atoms with Crippen LogP contribution in [0.2, 0.25) is 0 Å². The zero-order valence-electron chi connectivity index (χ0n) is 12.8. The molecule has 102 valence electrons. The van der Waals surface area contributed by atoms with Crippen LogP contribution in [0.3, 0.4) is 0 Å². The summed E-state index contributed by atoms with van der Waals surface area (Å²) in [6.07, 6.45) is 0. The van der Waals surface area contributed by atoms with E-state index in [4.69, 9.17) is 0 Å². The molecule has 2 aromatic rings. The molecule has 0 spiro atoms. The molecule has 0 aliphatic carbocycles. The average Bonchev–Trinajstić information content (AvgIpc) is 2.69. The largest absolute Gasteiger partial charge is 0.234 e. The summed E-state index contributed by atoms with van der Waals surface area (Å²) in [5.74, 6) is 1.13. The fourth-order valence-electron chi connectivity index (χ4n) is 2.37. The summed E-state index contributed by atoms with van der Waals surface area (Å²) in [7, 11) is 2.16. The zero-order chi connectivity index (χ0) is 14.2.